The second-order valence-electron chi connectivity index (χ2n) is 4.83. The highest BCUT2D eigenvalue weighted by molar-refractivity contribution is 7.89. The Morgan fingerprint density at radius 3 is 2.57 bits per heavy atom. The van der Waals surface area contributed by atoms with Gasteiger partial charge in [-0.2, -0.15) is 0 Å². The van der Waals surface area contributed by atoms with Gasteiger partial charge in [0.15, 0.2) is 0 Å². The molecular weight excluding hydrogens is 292 g/mol. The average molecular weight is 310 g/mol. The normalized spacial score (nSPS) is 11.8. The number of rotatable bonds is 5. The fourth-order valence-corrected chi connectivity index (χ4v) is 3.15. The smallest absolute Gasteiger partial charge is 0.241 e. The SMILES string of the molecule is Cc1ccc(CO)cc1S(=O)(=O)NCc1nc(C)c(C)o1. The van der Waals surface area contributed by atoms with Crippen molar-refractivity contribution < 1.29 is 17.9 Å². The van der Waals surface area contributed by atoms with Gasteiger partial charge in [-0.3, -0.25) is 0 Å². The van der Waals surface area contributed by atoms with Crippen LogP contribution < -0.4 is 4.72 Å². The van der Waals surface area contributed by atoms with Gasteiger partial charge < -0.3 is 9.52 Å². The van der Waals surface area contributed by atoms with Crippen LogP contribution in [-0.2, 0) is 23.2 Å². The lowest BCUT2D eigenvalue weighted by Crippen LogP contribution is -2.24. The molecule has 0 spiro atoms. The fourth-order valence-electron chi connectivity index (χ4n) is 1.88. The minimum atomic E-state index is -3.69. The lowest BCUT2D eigenvalue weighted by molar-refractivity contribution is 0.281. The first-order chi connectivity index (χ1) is 9.83. The Kier molecular flexibility index (Phi) is 4.46. The number of sulfonamides is 1. The molecule has 2 aromatic rings. The lowest BCUT2D eigenvalue weighted by Gasteiger charge is -2.09. The first-order valence-electron chi connectivity index (χ1n) is 6.46. The van der Waals surface area contributed by atoms with Crippen molar-refractivity contribution in [3.05, 3.63) is 46.7 Å². The van der Waals surface area contributed by atoms with E-state index in [0.717, 1.165) is 5.69 Å². The number of aliphatic hydroxyl groups is 1. The third-order valence-corrected chi connectivity index (χ3v) is 4.75. The van der Waals surface area contributed by atoms with Gasteiger partial charge >= 0.3 is 0 Å². The van der Waals surface area contributed by atoms with Crippen molar-refractivity contribution in [3.8, 4) is 0 Å². The van der Waals surface area contributed by atoms with Gasteiger partial charge in [0, 0.05) is 0 Å². The predicted octanol–water partition coefficient (Wildman–Crippen LogP) is 1.57. The summed E-state index contributed by atoms with van der Waals surface area (Å²) in [6.07, 6.45) is 0. The van der Waals surface area contributed by atoms with Gasteiger partial charge in [-0.25, -0.2) is 18.1 Å². The number of hydrogen-bond acceptors (Lipinski definition) is 5. The zero-order valence-corrected chi connectivity index (χ0v) is 13.0. The summed E-state index contributed by atoms with van der Waals surface area (Å²) in [6, 6.07) is 4.82. The third kappa shape index (κ3) is 3.49. The fraction of sp³-hybridized carbons (Fsp3) is 0.357. The van der Waals surface area contributed by atoms with Gasteiger partial charge in [0.05, 0.1) is 23.7 Å². The number of benzene rings is 1. The van der Waals surface area contributed by atoms with E-state index >= 15 is 0 Å². The molecule has 2 N–H and O–H groups in total. The summed E-state index contributed by atoms with van der Waals surface area (Å²) in [5.41, 5.74) is 1.89. The molecule has 114 valence electrons. The van der Waals surface area contributed by atoms with E-state index in [-0.39, 0.29) is 18.0 Å². The standard InChI is InChI=1S/C14H18N2O4S/c1-9-4-5-12(8-17)6-13(9)21(18,19)15-7-14-16-10(2)11(3)20-14/h4-6,15,17H,7-8H2,1-3H3. The summed E-state index contributed by atoms with van der Waals surface area (Å²) in [4.78, 5) is 4.28. The first-order valence-corrected chi connectivity index (χ1v) is 7.95. The zero-order valence-electron chi connectivity index (χ0n) is 12.2. The van der Waals surface area contributed by atoms with Crippen LogP contribution in [0.5, 0.6) is 0 Å². The molecule has 0 unspecified atom stereocenters. The lowest BCUT2D eigenvalue weighted by atomic mass is 10.2. The van der Waals surface area contributed by atoms with Crippen LogP contribution in [0, 0.1) is 20.8 Å². The average Bonchev–Trinajstić information content (AvgIpc) is 2.76. The van der Waals surface area contributed by atoms with E-state index in [2.05, 4.69) is 9.71 Å². The van der Waals surface area contributed by atoms with Crippen LogP contribution in [-0.4, -0.2) is 18.5 Å². The highest BCUT2D eigenvalue weighted by Crippen LogP contribution is 2.18. The van der Waals surface area contributed by atoms with Gasteiger partial charge in [-0.1, -0.05) is 12.1 Å². The van der Waals surface area contributed by atoms with E-state index < -0.39 is 10.0 Å². The molecule has 0 bridgehead atoms. The molecule has 6 nitrogen and oxygen atoms in total. The van der Waals surface area contributed by atoms with Gasteiger partial charge in [0.2, 0.25) is 15.9 Å². The van der Waals surface area contributed by atoms with E-state index in [4.69, 9.17) is 9.52 Å². The summed E-state index contributed by atoms with van der Waals surface area (Å²) in [5.74, 6) is 0.993. The molecule has 1 heterocycles. The van der Waals surface area contributed by atoms with Crippen LogP contribution >= 0.6 is 0 Å². The van der Waals surface area contributed by atoms with Crippen LogP contribution in [0.25, 0.3) is 0 Å². The van der Waals surface area contributed by atoms with Crippen molar-refractivity contribution in [3.63, 3.8) is 0 Å². The molecule has 1 aromatic carbocycles. The molecule has 0 atom stereocenters. The highest BCUT2D eigenvalue weighted by Gasteiger charge is 2.18. The topological polar surface area (TPSA) is 92.4 Å². The minimum absolute atomic E-state index is 0.0141. The van der Waals surface area contributed by atoms with Gasteiger partial charge in [-0.15, -0.1) is 0 Å². The zero-order chi connectivity index (χ0) is 15.6. The summed E-state index contributed by atoms with van der Waals surface area (Å²) in [7, 11) is -3.69. The van der Waals surface area contributed by atoms with Gasteiger partial charge in [0.1, 0.15) is 5.76 Å². The minimum Gasteiger partial charge on any atom is -0.444 e. The number of nitrogens with one attached hydrogen (secondary N) is 1. The number of aryl methyl sites for hydroxylation is 3. The van der Waals surface area contributed by atoms with Crippen molar-refractivity contribution in [2.75, 3.05) is 0 Å². The molecular formula is C14H18N2O4S. The van der Waals surface area contributed by atoms with E-state index in [1.807, 2.05) is 0 Å². The van der Waals surface area contributed by atoms with Crippen molar-refractivity contribution in [2.45, 2.75) is 38.8 Å². The van der Waals surface area contributed by atoms with Crippen molar-refractivity contribution >= 4 is 10.0 Å². The van der Waals surface area contributed by atoms with Crippen molar-refractivity contribution in [1.29, 1.82) is 0 Å². The maximum atomic E-state index is 12.3. The molecule has 0 radical (unpaired) electrons. The summed E-state index contributed by atoms with van der Waals surface area (Å²) < 4.78 is 32.4. The van der Waals surface area contributed by atoms with Crippen LogP contribution in [0.1, 0.15) is 28.5 Å². The maximum Gasteiger partial charge on any atom is 0.241 e. The summed E-state index contributed by atoms with van der Waals surface area (Å²) >= 11 is 0. The van der Waals surface area contributed by atoms with E-state index in [1.165, 1.54) is 6.07 Å². The quantitative estimate of drug-likeness (QED) is 0.874. The molecule has 0 aliphatic rings. The second-order valence-corrected chi connectivity index (χ2v) is 6.57. The van der Waals surface area contributed by atoms with E-state index in [0.29, 0.717) is 22.8 Å². The van der Waals surface area contributed by atoms with Crippen molar-refractivity contribution in [2.24, 2.45) is 0 Å². The van der Waals surface area contributed by atoms with Crippen molar-refractivity contribution in [1.82, 2.24) is 9.71 Å². The molecule has 0 aliphatic carbocycles. The Hall–Kier alpha value is -1.70. The number of nitrogens with zero attached hydrogens (tertiary/aromatic N) is 1. The Bertz CT molecular complexity index is 731. The molecule has 2 rings (SSSR count). The first kappa shape index (κ1) is 15.7. The predicted molar refractivity (Wildman–Crippen MR) is 77.1 cm³/mol. The molecule has 21 heavy (non-hydrogen) atoms. The van der Waals surface area contributed by atoms with E-state index in [9.17, 15) is 8.42 Å². The number of aromatic nitrogens is 1. The number of hydrogen-bond donors (Lipinski definition) is 2. The summed E-state index contributed by atoms with van der Waals surface area (Å²) in [5, 5.41) is 9.12. The molecule has 7 heteroatoms. The highest BCUT2D eigenvalue weighted by atomic mass is 32.2. The Balaban J connectivity index is 2.22. The second kappa shape index (κ2) is 5.97. The van der Waals surface area contributed by atoms with Crippen LogP contribution in [0.15, 0.2) is 27.5 Å². The largest absolute Gasteiger partial charge is 0.444 e. The monoisotopic (exact) mass is 310 g/mol. The molecule has 1 aromatic heterocycles. The molecule has 0 amide bonds. The molecule has 0 saturated carbocycles. The number of oxazole rings is 1. The van der Waals surface area contributed by atoms with Crippen LogP contribution in [0.2, 0.25) is 0 Å². The molecule has 0 fully saturated rings. The molecule has 0 saturated heterocycles. The maximum absolute atomic E-state index is 12.3. The summed E-state index contributed by atoms with van der Waals surface area (Å²) in [6.45, 7) is 5.05. The van der Waals surface area contributed by atoms with Crippen LogP contribution in [0.3, 0.4) is 0 Å². The third-order valence-electron chi connectivity index (χ3n) is 3.21. The molecule has 0 aliphatic heterocycles. The number of aliphatic hydroxyl groups excluding tert-OH is 1. The van der Waals surface area contributed by atoms with E-state index in [1.54, 1.807) is 32.9 Å². The van der Waals surface area contributed by atoms with Gasteiger partial charge in [-0.05, 0) is 38.0 Å². The Morgan fingerprint density at radius 1 is 1.29 bits per heavy atom. The Morgan fingerprint density at radius 2 is 2.00 bits per heavy atom. The van der Waals surface area contributed by atoms with Crippen LogP contribution in [0.4, 0.5) is 0 Å². The van der Waals surface area contributed by atoms with Gasteiger partial charge in [0.25, 0.3) is 0 Å². The Labute approximate surface area is 123 Å².